The fourth-order valence-corrected chi connectivity index (χ4v) is 1.44. The van der Waals surface area contributed by atoms with Crippen molar-refractivity contribution in [3.8, 4) is 11.3 Å². The van der Waals surface area contributed by atoms with Crippen LogP contribution in [0, 0.1) is 10.1 Å². The van der Waals surface area contributed by atoms with E-state index >= 15 is 0 Å². The molecular formula is C11H8N2O5. The molecule has 0 bridgehead atoms. The van der Waals surface area contributed by atoms with Gasteiger partial charge in [-0.1, -0.05) is 5.16 Å². The van der Waals surface area contributed by atoms with Crippen molar-refractivity contribution in [3.63, 3.8) is 0 Å². The summed E-state index contributed by atoms with van der Waals surface area (Å²) < 4.78 is 4.84. The Balaban J connectivity index is 2.23. The van der Waals surface area contributed by atoms with Crippen LogP contribution in [-0.2, 0) is 11.2 Å². The number of carbonyl (C=O) groups is 1. The summed E-state index contributed by atoms with van der Waals surface area (Å²) in [6, 6.07) is 7.25. The normalized spacial score (nSPS) is 10.2. The fraction of sp³-hybridized carbons (Fsp3) is 0.0909. The summed E-state index contributed by atoms with van der Waals surface area (Å²) in [5, 5.41) is 22.8. The third kappa shape index (κ3) is 2.51. The number of aromatic nitrogens is 1. The van der Waals surface area contributed by atoms with Gasteiger partial charge in [-0.05, 0) is 12.1 Å². The maximum Gasteiger partial charge on any atom is 0.311 e. The van der Waals surface area contributed by atoms with Gasteiger partial charge in [-0.25, -0.2) is 0 Å². The number of aliphatic carboxylic acids is 1. The largest absolute Gasteiger partial charge is 0.481 e. The first-order chi connectivity index (χ1) is 8.56. The molecule has 2 rings (SSSR count). The Labute approximate surface area is 101 Å². The molecule has 1 aromatic carbocycles. The predicted octanol–water partition coefficient (Wildman–Crippen LogP) is 1.88. The minimum absolute atomic E-state index is 0.0204. The molecule has 7 nitrogen and oxygen atoms in total. The molecule has 7 heteroatoms. The molecule has 0 aliphatic rings. The van der Waals surface area contributed by atoms with Gasteiger partial charge in [-0.2, -0.15) is 0 Å². The molecule has 0 unspecified atom stereocenters. The minimum Gasteiger partial charge on any atom is -0.481 e. The molecule has 0 saturated carbocycles. The summed E-state index contributed by atoms with van der Waals surface area (Å²) >= 11 is 0. The topological polar surface area (TPSA) is 106 Å². The van der Waals surface area contributed by atoms with Crippen molar-refractivity contribution in [1.29, 1.82) is 0 Å². The monoisotopic (exact) mass is 248 g/mol. The van der Waals surface area contributed by atoms with Gasteiger partial charge in [-0.3, -0.25) is 14.9 Å². The summed E-state index contributed by atoms with van der Waals surface area (Å²) in [4.78, 5) is 20.5. The predicted molar refractivity (Wildman–Crippen MR) is 59.9 cm³/mol. The average Bonchev–Trinajstić information content (AvgIpc) is 2.76. The fourth-order valence-electron chi connectivity index (χ4n) is 1.44. The molecule has 1 heterocycles. The number of nitro benzene ring substituents is 1. The lowest BCUT2D eigenvalue weighted by atomic mass is 10.1. The first-order valence-corrected chi connectivity index (χ1v) is 4.98. The van der Waals surface area contributed by atoms with Gasteiger partial charge in [0.2, 0.25) is 0 Å². The molecule has 0 amide bonds. The van der Waals surface area contributed by atoms with Crippen LogP contribution in [0.4, 0.5) is 5.69 Å². The number of carboxylic acid groups (broad SMARTS) is 1. The highest BCUT2D eigenvalue weighted by molar-refractivity contribution is 5.70. The van der Waals surface area contributed by atoms with Gasteiger partial charge in [0.1, 0.15) is 17.9 Å². The van der Waals surface area contributed by atoms with E-state index in [-0.39, 0.29) is 17.9 Å². The van der Waals surface area contributed by atoms with E-state index < -0.39 is 10.9 Å². The summed E-state index contributed by atoms with van der Waals surface area (Å²) in [7, 11) is 0. The molecule has 18 heavy (non-hydrogen) atoms. The Morgan fingerprint density at radius 3 is 2.61 bits per heavy atom. The van der Waals surface area contributed by atoms with E-state index in [1.165, 1.54) is 30.3 Å². The van der Waals surface area contributed by atoms with Crippen LogP contribution in [0.3, 0.4) is 0 Å². The van der Waals surface area contributed by atoms with Gasteiger partial charge in [0.15, 0.2) is 0 Å². The highest BCUT2D eigenvalue weighted by Crippen LogP contribution is 2.22. The molecule has 1 N–H and O–H groups in total. The number of nitro groups is 1. The van der Waals surface area contributed by atoms with E-state index in [4.69, 9.17) is 9.63 Å². The lowest BCUT2D eigenvalue weighted by molar-refractivity contribution is -0.384. The highest BCUT2D eigenvalue weighted by Gasteiger charge is 2.11. The number of non-ortho nitro benzene ring substituents is 1. The maximum absolute atomic E-state index is 10.5. The molecule has 0 spiro atoms. The number of hydrogen-bond acceptors (Lipinski definition) is 5. The van der Waals surface area contributed by atoms with Gasteiger partial charge < -0.3 is 9.63 Å². The third-order valence-electron chi connectivity index (χ3n) is 2.26. The van der Waals surface area contributed by atoms with E-state index in [0.29, 0.717) is 11.3 Å². The summed E-state index contributed by atoms with van der Waals surface area (Å²) in [5.41, 5.74) is 1.05. The Morgan fingerprint density at radius 2 is 2.06 bits per heavy atom. The third-order valence-corrected chi connectivity index (χ3v) is 2.26. The van der Waals surface area contributed by atoms with Gasteiger partial charge in [0.05, 0.1) is 4.92 Å². The Kier molecular flexibility index (Phi) is 3.05. The second kappa shape index (κ2) is 4.66. The second-order valence-corrected chi connectivity index (χ2v) is 3.55. The van der Waals surface area contributed by atoms with Crippen molar-refractivity contribution in [1.82, 2.24) is 5.16 Å². The zero-order valence-corrected chi connectivity index (χ0v) is 9.07. The quantitative estimate of drug-likeness (QED) is 0.653. The van der Waals surface area contributed by atoms with Crippen LogP contribution in [0.15, 0.2) is 34.9 Å². The van der Waals surface area contributed by atoms with Crippen molar-refractivity contribution in [3.05, 3.63) is 46.2 Å². The molecule has 0 radical (unpaired) electrons. The van der Waals surface area contributed by atoms with Crippen molar-refractivity contribution < 1.29 is 19.3 Å². The molecule has 0 aliphatic heterocycles. The average molecular weight is 248 g/mol. The number of nitrogens with zero attached hydrogens (tertiary/aromatic N) is 2. The number of carboxylic acids is 1. The van der Waals surface area contributed by atoms with E-state index in [1.54, 1.807) is 0 Å². The Hall–Kier alpha value is -2.70. The van der Waals surface area contributed by atoms with Gasteiger partial charge in [0.25, 0.3) is 5.69 Å². The lowest BCUT2D eigenvalue weighted by Gasteiger charge is -1.94. The van der Waals surface area contributed by atoms with E-state index in [2.05, 4.69) is 5.16 Å². The number of rotatable bonds is 4. The molecule has 0 atom stereocenters. The zero-order valence-electron chi connectivity index (χ0n) is 9.07. The first kappa shape index (κ1) is 11.8. The standard InChI is InChI=1S/C11H8N2O5/c14-11(15)6-9-5-10(12-18-9)7-1-3-8(4-2-7)13(16)17/h1-5H,6H2,(H,14,15). The summed E-state index contributed by atoms with van der Waals surface area (Å²) in [5.74, 6) is -0.780. The van der Waals surface area contributed by atoms with Gasteiger partial charge in [0, 0.05) is 23.8 Å². The second-order valence-electron chi connectivity index (χ2n) is 3.55. The first-order valence-electron chi connectivity index (χ1n) is 4.98. The van der Waals surface area contributed by atoms with Crippen molar-refractivity contribution >= 4 is 11.7 Å². The number of benzene rings is 1. The molecule has 1 aromatic heterocycles. The van der Waals surface area contributed by atoms with E-state index in [9.17, 15) is 14.9 Å². The van der Waals surface area contributed by atoms with E-state index in [1.807, 2.05) is 0 Å². The number of hydrogen-bond donors (Lipinski definition) is 1. The summed E-state index contributed by atoms with van der Waals surface area (Å²) in [6.07, 6.45) is -0.250. The molecule has 92 valence electrons. The minimum atomic E-state index is -1.01. The van der Waals surface area contributed by atoms with Crippen LogP contribution < -0.4 is 0 Å². The zero-order chi connectivity index (χ0) is 13.1. The van der Waals surface area contributed by atoms with Crippen LogP contribution in [0.25, 0.3) is 11.3 Å². The molecular weight excluding hydrogens is 240 g/mol. The Bertz CT molecular complexity index is 588. The molecule has 2 aromatic rings. The van der Waals surface area contributed by atoms with Gasteiger partial charge in [-0.15, -0.1) is 0 Å². The molecule has 0 aliphatic carbocycles. The maximum atomic E-state index is 10.5. The van der Waals surface area contributed by atoms with E-state index in [0.717, 1.165) is 0 Å². The van der Waals surface area contributed by atoms with Crippen LogP contribution in [0.5, 0.6) is 0 Å². The van der Waals surface area contributed by atoms with Crippen LogP contribution in [0.1, 0.15) is 5.76 Å². The van der Waals surface area contributed by atoms with Crippen LogP contribution >= 0.6 is 0 Å². The highest BCUT2D eigenvalue weighted by atomic mass is 16.6. The van der Waals surface area contributed by atoms with Crippen molar-refractivity contribution in [2.24, 2.45) is 0 Å². The van der Waals surface area contributed by atoms with Crippen molar-refractivity contribution in [2.75, 3.05) is 0 Å². The van der Waals surface area contributed by atoms with Gasteiger partial charge >= 0.3 is 5.97 Å². The molecule has 0 saturated heterocycles. The SMILES string of the molecule is O=C(O)Cc1cc(-c2ccc([N+](=O)[O-])cc2)no1. The van der Waals surface area contributed by atoms with Crippen LogP contribution in [0.2, 0.25) is 0 Å². The summed E-state index contributed by atoms with van der Waals surface area (Å²) in [6.45, 7) is 0. The smallest absolute Gasteiger partial charge is 0.311 e. The van der Waals surface area contributed by atoms with Crippen LogP contribution in [-0.4, -0.2) is 21.2 Å². The van der Waals surface area contributed by atoms with Crippen molar-refractivity contribution in [2.45, 2.75) is 6.42 Å². The molecule has 0 fully saturated rings. The lowest BCUT2D eigenvalue weighted by Crippen LogP contribution is -1.97. The Morgan fingerprint density at radius 1 is 1.39 bits per heavy atom.